The van der Waals surface area contributed by atoms with E-state index in [1.165, 1.54) is 24.0 Å². The van der Waals surface area contributed by atoms with E-state index in [1.807, 2.05) is 0 Å². The molecule has 2 heterocycles. The minimum Gasteiger partial charge on any atom is -0.493 e. The van der Waals surface area contributed by atoms with E-state index in [1.54, 1.807) is 0 Å². The van der Waals surface area contributed by atoms with Crippen LogP contribution < -0.4 is 15.4 Å². The van der Waals surface area contributed by atoms with Crippen molar-refractivity contribution in [2.24, 2.45) is 5.41 Å². The van der Waals surface area contributed by atoms with Crippen molar-refractivity contribution < 1.29 is 4.74 Å². The Hall–Kier alpha value is -1.06. The predicted molar refractivity (Wildman–Crippen MR) is 77.6 cm³/mol. The normalized spacial score (nSPS) is 21.7. The van der Waals surface area contributed by atoms with E-state index in [-0.39, 0.29) is 0 Å². The van der Waals surface area contributed by atoms with Gasteiger partial charge in [0.25, 0.3) is 0 Å². The summed E-state index contributed by atoms with van der Waals surface area (Å²) in [5.74, 6) is 1.11. The molecule has 0 amide bonds. The van der Waals surface area contributed by atoms with Crippen LogP contribution in [-0.4, -0.2) is 26.2 Å². The SMILES string of the molecule is CC1(COc2cccc3c2CCNC3)CCNCC1. The molecule has 1 aromatic carbocycles. The summed E-state index contributed by atoms with van der Waals surface area (Å²) in [5.41, 5.74) is 3.15. The van der Waals surface area contributed by atoms with E-state index < -0.39 is 0 Å². The van der Waals surface area contributed by atoms with E-state index in [0.29, 0.717) is 5.41 Å². The summed E-state index contributed by atoms with van der Waals surface area (Å²) in [6.45, 7) is 7.49. The first-order valence-corrected chi connectivity index (χ1v) is 7.42. The second-order valence-electron chi connectivity index (χ2n) is 6.17. The number of piperidine rings is 1. The van der Waals surface area contributed by atoms with Gasteiger partial charge < -0.3 is 15.4 Å². The molecule has 0 atom stereocenters. The quantitative estimate of drug-likeness (QED) is 0.873. The smallest absolute Gasteiger partial charge is 0.122 e. The van der Waals surface area contributed by atoms with Crippen LogP contribution in [-0.2, 0) is 13.0 Å². The molecular formula is C16H24N2O. The summed E-state index contributed by atoms with van der Waals surface area (Å²) in [6, 6.07) is 6.46. The van der Waals surface area contributed by atoms with Crippen molar-refractivity contribution in [3.05, 3.63) is 29.3 Å². The molecule has 1 aromatic rings. The predicted octanol–water partition coefficient (Wildman–Crippen LogP) is 2.10. The second-order valence-corrected chi connectivity index (χ2v) is 6.17. The molecule has 0 radical (unpaired) electrons. The molecular weight excluding hydrogens is 236 g/mol. The third kappa shape index (κ3) is 2.93. The minimum absolute atomic E-state index is 0.334. The van der Waals surface area contributed by atoms with E-state index in [9.17, 15) is 0 Å². The van der Waals surface area contributed by atoms with E-state index >= 15 is 0 Å². The highest BCUT2D eigenvalue weighted by Crippen LogP contribution is 2.31. The maximum Gasteiger partial charge on any atom is 0.122 e. The third-order valence-corrected chi connectivity index (χ3v) is 4.48. The highest BCUT2D eigenvalue weighted by Gasteiger charge is 2.28. The molecule has 0 spiro atoms. The lowest BCUT2D eigenvalue weighted by Gasteiger charge is -2.34. The van der Waals surface area contributed by atoms with Gasteiger partial charge in [-0.05, 0) is 56.1 Å². The van der Waals surface area contributed by atoms with Gasteiger partial charge in [-0.3, -0.25) is 0 Å². The van der Waals surface area contributed by atoms with Gasteiger partial charge in [-0.2, -0.15) is 0 Å². The van der Waals surface area contributed by atoms with Gasteiger partial charge in [-0.1, -0.05) is 19.1 Å². The Morgan fingerprint density at radius 3 is 2.84 bits per heavy atom. The van der Waals surface area contributed by atoms with Gasteiger partial charge in [0.05, 0.1) is 6.61 Å². The lowest BCUT2D eigenvalue weighted by Crippen LogP contribution is -2.38. The first-order chi connectivity index (χ1) is 9.27. The number of fused-ring (bicyclic) bond motifs is 1. The van der Waals surface area contributed by atoms with Crippen LogP contribution >= 0.6 is 0 Å². The Bertz CT molecular complexity index is 438. The average molecular weight is 260 g/mol. The second kappa shape index (κ2) is 5.51. The van der Waals surface area contributed by atoms with Crippen LogP contribution in [0.25, 0.3) is 0 Å². The van der Waals surface area contributed by atoms with E-state index in [0.717, 1.165) is 45.0 Å². The van der Waals surface area contributed by atoms with Crippen molar-refractivity contribution in [3.63, 3.8) is 0 Å². The number of hydrogen-bond acceptors (Lipinski definition) is 3. The van der Waals surface area contributed by atoms with Crippen LogP contribution in [0.3, 0.4) is 0 Å². The molecule has 2 aliphatic heterocycles. The lowest BCUT2D eigenvalue weighted by molar-refractivity contribution is 0.122. The average Bonchev–Trinajstić information content (AvgIpc) is 2.46. The van der Waals surface area contributed by atoms with Crippen LogP contribution in [0.5, 0.6) is 5.75 Å². The van der Waals surface area contributed by atoms with Gasteiger partial charge in [0.1, 0.15) is 5.75 Å². The molecule has 1 fully saturated rings. The molecule has 0 aliphatic carbocycles. The first-order valence-electron chi connectivity index (χ1n) is 7.42. The molecule has 2 aliphatic rings. The lowest BCUT2D eigenvalue weighted by atomic mass is 9.82. The maximum absolute atomic E-state index is 6.19. The van der Waals surface area contributed by atoms with Crippen LogP contribution in [0.4, 0.5) is 0 Å². The summed E-state index contributed by atoms with van der Waals surface area (Å²) in [5, 5.41) is 6.84. The first kappa shape index (κ1) is 12.9. The minimum atomic E-state index is 0.334. The number of rotatable bonds is 3. The summed E-state index contributed by atoms with van der Waals surface area (Å²) < 4.78 is 6.19. The van der Waals surface area contributed by atoms with E-state index in [2.05, 4.69) is 35.8 Å². The molecule has 3 nitrogen and oxygen atoms in total. The number of benzene rings is 1. The summed E-state index contributed by atoms with van der Waals surface area (Å²) >= 11 is 0. The molecule has 104 valence electrons. The zero-order chi connectivity index (χ0) is 13.1. The van der Waals surface area contributed by atoms with Gasteiger partial charge in [0, 0.05) is 12.0 Å². The summed E-state index contributed by atoms with van der Waals surface area (Å²) in [4.78, 5) is 0. The monoisotopic (exact) mass is 260 g/mol. The highest BCUT2D eigenvalue weighted by molar-refractivity contribution is 5.41. The van der Waals surface area contributed by atoms with Crippen LogP contribution in [0.1, 0.15) is 30.9 Å². The van der Waals surface area contributed by atoms with Crippen molar-refractivity contribution in [2.75, 3.05) is 26.2 Å². The summed E-state index contributed by atoms with van der Waals surface area (Å²) in [7, 11) is 0. The van der Waals surface area contributed by atoms with Gasteiger partial charge in [-0.15, -0.1) is 0 Å². The fourth-order valence-electron chi connectivity index (χ4n) is 3.06. The molecule has 0 unspecified atom stereocenters. The molecule has 0 aromatic heterocycles. The fraction of sp³-hybridized carbons (Fsp3) is 0.625. The molecule has 3 heteroatoms. The Kier molecular flexibility index (Phi) is 3.76. The largest absolute Gasteiger partial charge is 0.493 e. The Morgan fingerprint density at radius 2 is 2.00 bits per heavy atom. The topological polar surface area (TPSA) is 33.3 Å². The number of ether oxygens (including phenoxy) is 1. The Balaban J connectivity index is 1.69. The van der Waals surface area contributed by atoms with E-state index in [4.69, 9.17) is 4.74 Å². The number of nitrogens with one attached hydrogen (secondary N) is 2. The van der Waals surface area contributed by atoms with Crippen LogP contribution in [0.15, 0.2) is 18.2 Å². The van der Waals surface area contributed by atoms with Crippen molar-refractivity contribution in [1.29, 1.82) is 0 Å². The summed E-state index contributed by atoms with van der Waals surface area (Å²) in [6.07, 6.45) is 3.51. The van der Waals surface area contributed by atoms with Crippen LogP contribution in [0.2, 0.25) is 0 Å². The molecule has 2 N–H and O–H groups in total. The van der Waals surface area contributed by atoms with Crippen molar-refractivity contribution in [2.45, 2.75) is 32.7 Å². The molecule has 3 rings (SSSR count). The standard InChI is InChI=1S/C16H24N2O/c1-16(6-9-17-10-7-16)12-19-15-4-2-3-13-11-18-8-5-14(13)15/h2-4,17-18H,5-12H2,1H3. The third-order valence-electron chi connectivity index (χ3n) is 4.48. The zero-order valence-electron chi connectivity index (χ0n) is 11.8. The maximum atomic E-state index is 6.19. The molecule has 0 bridgehead atoms. The van der Waals surface area contributed by atoms with Gasteiger partial charge in [0.2, 0.25) is 0 Å². The van der Waals surface area contributed by atoms with Crippen molar-refractivity contribution >= 4 is 0 Å². The zero-order valence-corrected chi connectivity index (χ0v) is 11.8. The van der Waals surface area contributed by atoms with Gasteiger partial charge in [-0.25, -0.2) is 0 Å². The Labute approximate surface area is 115 Å². The van der Waals surface area contributed by atoms with Crippen molar-refractivity contribution in [1.82, 2.24) is 10.6 Å². The highest BCUT2D eigenvalue weighted by atomic mass is 16.5. The molecule has 19 heavy (non-hydrogen) atoms. The van der Waals surface area contributed by atoms with Gasteiger partial charge >= 0.3 is 0 Å². The van der Waals surface area contributed by atoms with Crippen LogP contribution in [0, 0.1) is 5.41 Å². The Morgan fingerprint density at radius 1 is 1.16 bits per heavy atom. The fourth-order valence-corrected chi connectivity index (χ4v) is 3.06. The van der Waals surface area contributed by atoms with Gasteiger partial charge in [0.15, 0.2) is 0 Å². The van der Waals surface area contributed by atoms with Crippen molar-refractivity contribution in [3.8, 4) is 5.75 Å². The number of hydrogen-bond donors (Lipinski definition) is 2. The molecule has 1 saturated heterocycles. The molecule has 0 saturated carbocycles.